The van der Waals surface area contributed by atoms with E-state index in [1.165, 1.54) is 25.7 Å². The van der Waals surface area contributed by atoms with Gasteiger partial charge in [0.2, 0.25) is 0 Å². The summed E-state index contributed by atoms with van der Waals surface area (Å²) in [5.41, 5.74) is 0.120. The molecule has 1 saturated carbocycles. The lowest BCUT2D eigenvalue weighted by Crippen LogP contribution is -2.28. The highest BCUT2D eigenvalue weighted by atomic mass is 127. The van der Waals surface area contributed by atoms with Gasteiger partial charge in [-0.1, -0.05) is 12.8 Å². The Morgan fingerprint density at radius 3 is 2.87 bits per heavy atom. The van der Waals surface area contributed by atoms with Gasteiger partial charge in [-0.2, -0.15) is 0 Å². The van der Waals surface area contributed by atoms with Gasteiger partial charge < -0.3 is 0 Å². The van der Waals surface area contributed by atoms with Crippen molar-refractivity contribution in [2.45, 2.75) is 39.2 Å². The van der Waals surface area contributed by atoms with Crippen LogP contribution in [0.15, 0.2) is 11.0 Å². The Labute approximate surface area is 103 Å². The molecular formula is C11H15IN2O. The van der Waals surface area contributed by atoms with Crippen molar-refractivity contribution in [1.82, 2.24) is 9.55 Å². The molecule has 1 fully saturated rings. The summed E-state index contributed by atoms with van der Waals surface area (Å²) in [4.78, 5) is 16.1. The Balaban J connectivity index is 2.26. The number of hydrogen-bond acceptors (Lipinski definition) is 2. The Hall–Kier alpha value is -0.390. The molecule has 3 nitrogen and oxygen atoms in total. The first-order valence-corrected chi connectivity index (χ1v) is 6.48. The largest absolute Gasteiger partial charge is 0.296 e. The average Bonchev–Trinajstić information content (AvgIpc) is 2.71. The molecule has 0 spiro atoms. The van der Waals surface area contributed by atoms with Crippen molar-refractivity contribution < 1.29 is 0 Å². The average molecular weight is 318 g/mol. The highest BCUT2D eigenvalue weighted by Crippen LogP contribution is 2.25. The van der Waals surface area contributed by atoms with Crippen molar-refractivity contribution in [3.8, 4) is 0 Å². The standard InChI is InChI=1S/C11H15IN2O/c1-8-13-6-10(12)11(15)14(8)7-9-4-2-3-5-9/h6,9H,2-5,7H2,1H3. The zero-order valence-corrected chi connectivity index (χ0v) is 11.0. The summed E-state index contributed by atoms with van der Waals surface area (Å²) in [6, 6.07) is 0. The first-order valence-electron chi connectivity index (χ1n) is 5.40. The minimum atomic E-state index is 0.120. The van der Waals surface area contributed by atoms with Crippen molar-refractivity contribution in [3.63, 3.8) is 0 Å². The molecule has 1 aliphatic carbocycles. The molecule has 2 rings (SSSR count). The third-order valence-corrected chi connectivity index (χ3v) is 3.86. The van der Waals surface area contributed by atoms with E-state index in [-0.39, 0.29) is 5.56 Å². The molecule has 0 unspecified atom stereocenters. The van der Waals surface area contributed by atoms with Crippen LogP contribution in [0.4, 0.5) is 0 Å². The number of rotatable bonds is 2. The Bertz CT molecular complexity index is 408. The van der Waals surface area contributed by atoms with Gasteiger partial charge in [-0.15, -0.1) is 0 Å². The van der Waals surface area contributed by atoms with Crippen molar-refractivity contribution >= 4 is 22.6 Å². The van der Waals surface area contributed by atoms with E-state index in [4.69, 9.17) is 0 Å². The topological polar surface area (TPSA) is 34.9 Å². The summed E-state index contributed by atoms with van der Waals surface area (Å²) in [6.07, 6.45) is 6.81. The number of hydrogen-bond donors (Lipinski definition) is 0. The van der Waals surface area contributed by atoms with Crippen molar-refractivity contribution in [1.29, 1.82) is 0 Å². The summed E-state index contributed by atoms with van der Waals surface area (Å²) < 4.78 is 2.55. The molecule has 4 heteroatoms. The zero-order chi connectivity index (χ0) is 10.8. The fourth-order valence-corrected chi connectivity index (χ4v) is 2.65. The molecule has 0 bridgehead atoms. The molecule has 0 aromatic carbocycles. The van der Waals surface area contributed by atoms with E-state index in [0.717, 1.165) is 15.9 Å². The van der Waals surface area contributed by atoms with E-state index in [1.807, 2.05) is 11.5 Å². The van der Waals surface area contributed by atoms with Crippen LogP contribution in [0.3, 0.4) is 0 Å². The SMILES string of the molecule is Cc1ncc(I)c(=O)n1CC1CCCC1. The van der Waals surface area contributed by atoms with Crippen molar-refractivity contribution in [2.75, 3.05) is 0 Å². The summed E-state index contributed by atoms with van der Waals surface area (Å²) in [6.45, 7) is 2.76. The molecule has 0 aliphatic heterocycles. The predicted molar refractivity (Wildman–Crippen MR) is 67.9 cm³/mol. The lowest BCUT2D eigenvalue weighted by molar-refractivity contribution is 0.437. The van der Waals surface area contributed by atoms with E-state index in [2.05, 4.69) is 27.6 Å². The van der Waals surface area contributed by atoms with Crippen LogP contribution in [-0.4, -0.2) is 9.55 Å². The van der Waals surface area contributed by atoms with Crippen molar-refractivity contribution in [3.05, 3.63) is 25.9 Å². The van der Waals surface area contributed by atoms with Crippen LogP contribution >= 0.6 is 22.6 Å². The quantitative estimate of drug-likeness (QED) is 0.785. The fourth-order valence-electron chi connectivity index (χ4n) is 2.22. The molecule has 0 saturated heterocycles. The summed E-state index contributed by atoms with van der Waals surface area (Å²) in [5.74, 6) is 1.52. The van der Waals surface area contributed by atoms with Gasteiger partial charge in [0.05, 0.1) is 3.57 Å². The van der Waals surface area contributed by atoms with E-state index in [0.29, 0.717) is 5.92 Å². The molecular weight excluding hydrogens is 303 g/mol. The second-order valence-electron chi connectivity index (χ2n) is 4.22. The molecule has 1 aliphatic rings. The van der Waals surface area contributed by atoms with Gasteiger partial charge in [-0.25, -0.2) is 4.98 Å². The molecule has 1 aromatic rings. The normalized spacial score (nSPS) is 17.2. The first kappa shape index (κ1) is 11.1. The first-order chi connectivity index (χ1) is 7.18. The molecule has 82 valence electrons. The third kappa shape index (κ3) is 2.41. The summed E-state index contributed by atoms with van der Waals surface area (Å²) >= 11 is 2.06. The monoisotopic (exact) mass is 318 g/mol. The van der Waals surface area contributed by atoms with Gasteiger partial charge in [-0.05, 0) is 48.3 Å². The predicted octanol–water partition coefficient (Wildman–Crippen LogP) is 2.35. The van der Waals surface area contributed by atoms with Crippen LogP contribution in [0.1, 0.15) is 31.5 Å². The lowest BCUT2D eigenvalue weighted by atomic mass is 10.1. The van der Waals surface area contributed by atoms with Gasteiger partial charge in [-0.3, -0.25) is 9.36 Å². The van der Waals surface area contributed by atoms with Crippen LogP contribution in [0.5, 0.6) is 0 Å². The molecule has 0 amide bonds. The molecule has 1 aromatic heterocycles. The highest BCUT2D eigenvalue weighted by molar-refractivity contribution is 14.1. The number of aromatic nitrogens is 2. The van der Waals surface area contributed by atoms with Crippen LogP contribution in [0.2, 0.25) is 0 Å². The Morgan fingerprint density at radius 2 is 2.20 bits per heavy atom. The Kier molecular flexibility index (Phi) is 3.43. The zero-order valence-electron chi connectivity index (χ0n) is 8.87. The molecule has 0 radical (unpaired) electrons. The second-order valence-corrected chi connectivity index (χ2v) is 5.38. The maximum absolute atomic E-state index is 11.9. The minimum Gasteiger partial charge on any atom is -0.296 e. The molecule has 0 atom stereocenters. The fraction of sp³-hybridized carbons (Fsp3) is 0.636. The van der Waals surface area contributed by atoms with Crippen LogP contribution in [0, 0.1) is 16.4 Å². The third-order valence-electron chi connectivity index (χ3n) is 3.12. The second kappa shape index (κ2) is 4.63. The number of aryl methyl sites for hydroxylation is 1. The van der Waals surface area contributed by atoms with E-state index >= 15 is 0 Å². The van der Waals surface area contributed by atoms with Crippen molar-refractivity contribution in [2.24, 2.45) is 5.92 Å². The number of halogens is 1. The van der Waals surface area contributed by atoms with E-state index < -0.39 is 0 Å². The van der Waals surface area contributed by atoms with E-state index in [1.54, 1.807) is 6.20 Å². The van der Waals surface area contributed by atoms with Crippen LogP contribution in [0.25, 0.3) is 0 Å². The number of nitrogens with zero attached hydrogens (tertiary/aromatic N) is 2. The van der Waals surface area contributed by atoms with Gasteiger partial charge >= 0.3 is 0 Å². The Morgan fingerprint density at radius 1 is 1.53 bits per heavy atom. The highest BCUT2D eigenvalue weighted by Gasteiger charge is 2.17. The van der Waals surface area contributed by atoms with Gasteiger partial charge in [0.25, 0.3) is 5.56 Å². The van der Waals surface area contributed by atoms with Gasteiger partial charge in [0, 0.05) is 12.7 Å². The van der Waals surface area contributed by atoms with Crippen LogP contribution in [-0.2, 0) is 6.54 Å². The summed E-state index contributed by atoms with van der Waals surface area (Å²) in [7, 11) is 0. The lowest BCUT2D eigenvalue weighted by Gasteiger charge is -2.13. The minimum absolute atomic E-state index is 0.120. The molecule has 0 N–H and O–H groups in total. The van der Waals surface area contributed by atoms with Crippen LogP contribution < -0.4 is 5.56 Å². The van der Waals surface area contributed by atoms with Gasteiger partial charge in [0.15, 0.2) is 0 Å². The summed E-state index contributed by atoms with van der Waals surface area (Å²) in [5, 5.41) is 0. The van der Waals surface area contributed by atoms with Gasteiger partial charge in [0.1, 0.15) is 5.82 Å². The molecule has 15 heavy (non-hydrogen) atoms. The van der Waals surface area contributed by atoms with E-state index in [9.17, 15) is 4.79 Å². The smallest absolute Gasteiger partial charge is 0.266 e. The maximum atomic E-state index is 11.9. The molecule has 1 heterocycles. The maximum Gasteiger partial charge on any atom is 0.266 e.